The molecule has 3 aromatic rings. The Balaban J connectivity index is 1.71. The summed E-state index contributed by atoms with van der Waals surface area (Å²) in [6.07, 6.45) is 2.48. The molecule has 3 rings (SSSR count). The van der Waals surface area contributed by atoms with Crippen molar-refractivity contribution in [1.29, 1.82) is 0 Å². The second-order valence-corrected chi connectivity index (χ2v) is 7.27. The van der Waals surface area contributed by atoms with Crippen molar-refractivity contribution >= 4 is 5.96 Å². The summed E-state index contributed by atoms with van der Waals surface area (Å²) in [7, 11) is 1.62. The van der Waals surface area contributed by atoms with Crippen LogP contribution in [-0.2, 0) is 19.5 Å². The van der Waals surface area contributed by atoms with Gasteiger partial charge in [-0.1, -0.05) is 25.1 Å². The molecule has 0 radical (unpaired) electrons. The van der Waals surface area contributed by atoms with Gasteiger partial charge in [0.05, 0.1) is 19.7 Å². The Kier molecular flexibility index (Phi) is 8.13. The molecule has 170 valence electrons. The fraction of sp³-hybridized carbons (Fsp3) is 0.348. The van der Waals surface area contributed by atoms with Gasteiger partial charge in [-0.15, -0.1) is 10.2 Å². The zero-order valence-electron chi connectivity index (χ0n) is 18.5. The number of hydrogen-bond donors (Lipinski definition) is 2. The van der Waals surface area contributed by atoms with Crippen LogP contribution < -0.4 is 15.4 Å². The van der Waals surface area contributed by atoms with Crippen molar-refractivity contribution in [3.05, 3.63) is 77.4 Å². The normalized spacial score (nSPS) is 12.5. The average Bonchev–Trinajstić information content (AvgIpc) is 3.25. The average molecular weight is 443 g/mol. The van der Waals surface area contributed by atoms with Gasteiger partial charge in [0.2, 0.25) is 0 Å². The van der Waals surface area contributed by atoms with E-state index >= 15 is 0 Å². The maximum atomic E-state index is 14.2. The van der Waals surface area contributed by atoms with E-state index in [0.29, 0.717) is 31.2 Å². The van der Waals surface area contributed by atoms with Crippen LogP contribution in [0.15, 0.2) is 53.8 Å². The van der Waals surface area contributed by atoms with Gasteiger partial charge in [0.15, 0.2) is 5.96 Å². The fourth-order valence-corrected chi connectivity index (χ4v) is 3.22. The van der Waals surface area contributed by atoms with Gasteiger partial charge in [0, 0.05) is 31.1 Å². The standard InChI is InChI=1S/C23H28F2N6O/c1-4-22-30-28-15-31(22)12-11-26-23(27-14-17-5-8-19(32-3)9-6-17)29-16(2)20-10-7-18(24)13-21(20)25/h5-10,13,15-16H,4,11-12,14H2,1-3H3,(H2,26,27,29). The zero-order chi connectivity index (χ0) is 22.9. The van der Waals surface area contributed by atoms with Gasteiger partial charge in [-0.3, -0.25) is 0 Å². The third-order valence-electron chi connectivity index (χ3n) is 5.02. The Morgan fingerprint density at radius 1 is 1.19 bits per heavy atom. The molecule has 0 fully saturated rings. The second kappa shape index (κ2) is 11.2. The van der Waals surface area contributed by atoms with E-state index in [9.17, 15) is 8.78 Å². The summed E-state index contributed by atoms with van der Waals surface area (Å²) in [5.74, 6) is 0.985. The van der Waals surface area contributed by atoms with Crippen LogP contribution in [0.5, 0.6) is 5.75 Å². The summed E-state index contributed by atoms with van der Waals surface area (Å²) in [6, 6.07) is 10.8. The van der Waals surface area contributed by atoms with E-state index in [0.717, 1.165) is 29.6 Å². The van der Waals surface area contributed by atoms with Crippen LogP contribution in [0.1, 0.15) is 36.8 Å². The highest BCUT2D eigenvalue weighted by Crippen LogP contribution is 2.18. The Bertz CT molecular complexity index is 1040. The molecular weight excluding hydrogens is 414 g/mol. The van der Waals surface area contributed by atoms with Crippen LogP contribution in [0.4, 0.5) is 8.78 Å². The third kappa shape index (κ3) is 6.26. The minimum atomic E-state index is -0.606. The first-order valence-electron chi connectivity index (χ1n) is 10.5. The first kappa shape index (κ1) is 23.2. The summed E-state index contributed by atoms with van der Waals surface area (Å²) < 4.78 is 34.7. The number of hydrogen-bond acceptors (Lipinski definition) is 4. The molecular formula is C23H28F2N6O. The number of benzene rings is 2. The summed E-state index contributed by atoms with van der Waals surface area (Å²) >= 11 is 0. The number of halogens is 2. The van der Waals surface area contributed by atoms with Gasteiger partial charge in [-0.2, -0.15) is 0 Å². The van der Waals surface area contributed by atoms with Crippen molar-refractivity contribution in [2.75, 3.05) is 13.7 Å². The molecule has 7 nitrogen and oxygen atoms in total. The van der Waals surface area contributed by atoms with Crippen molar-refractivity contribution in [2.45, 2.75) is 39.4 Å². The lowest BCUT2D eigenvalue weighted by atomic mass is 10.1. The molecule has 2 aromatic carbocycles. The Hall–Kier alpha value is -3.49. The molecule has 0 aliphatic heterocycles. The van der Waals surface area contributed by atoms with E-state index in [1.807, 2.05) is 35.8 Å². The van der Waals surface area contributed by atoms with E-state index in [1.165, 1.54) is 12.1 Å². The highest BCUT2D eigenvalue weighted by atomic mass is 19.1. The minimum Gasteiger partial charge on any atom is -0.497 e. The molecule has 0 saturated heterocycles. The summed E-state index contributed by atoms with van der Waals surface area (Å²) in [6.45, 7) is 5.47. The van der Waals surface area contributed by atoms with Crippen LogP contribution in [0.3, 0.4) is 0 Å². The van der Waals surface area contributed by atoms with Crippen molar-refractivity contribution < 1.29 is 13.5 Å². The largest absolute Gasteiger partial charge is 0.497 e. The predicted molar refractivity (Wildman–Crippen MR) is 119 cm³/mol. The SMILES string of the molecule is CCc1nncn1CCNC(=NCc1ccc(OC)cc1)NC(C)c1ccc(F)cc1F. The molecule has 0 saturated carbocycles. The monoisotopic (exact) mass is 442 g/mol. The van der Waals surface area contributed by atoms with Crippen molar-refractivity contribution in [3.8, 4) is 5.75 Å². The Labute approximate surface area is 186 Å². The summed E-state index contributed by atoms with van der Waals surface area (Å²) in [4.78, 5) is 4.64. The van der Waals surface area contributed by atoms with Gasteiger partial charge >= 0.3 is 0 Å². The number of aliphatic imine (C=N–C) groups is 1. The number of guanidine groups is 1. The van der Waals surface area contributed by atoms with E-state index in [-0.39, 0.29) is 0 Å². The number of ether oxygens (including phenoxy) is 1. The third-order valence-corrected chi connectivity index (χ3v) is 5.02. The van der Waals surface area contributed by atoms with Crippen LogP contribution in [0, 0.1) is 11.6 Å². The first-order chi connectivity index (χ1) is 15.5. The molecule has 0 spiro atoms. The van der Waals surface area contributed by atoms with Gasteiger partial charge in [0.25, 0.3) is 0 Å². The molecule has 0 aliphatic carbocycles. The van der Waals surface area contributed by atoms with Crippen molar-refractivity contribution in [3.63, 3.8) is 0 Å². The lowest BCUT2D eigenvalue weighted by Gasteiger charge is -2.19. The van der Waals surface area contributed by atoms with Crippen LogP contribution in [-0.4, -0.2) is 34.4 Å². The first-order valence-corrected chi connectivity index (χ1v) is 10.5. The van der Waals surface area contributed by atoms with Crippen LogP contribution >= 0.6 is 0 Å². The minimum absolute atomic E-state index is 0.359. The Morgan fingerprint density at radius 3 is 2.66 bits per heavy atom. The lowest BCUT2D eigenvalue weighted by Crippen LogP contribution is -2.40. The van der Waals surface area contributed by atoms with E-state index in [4.69, 9.17) is 4.74 Å². The number of nitrogens with zero attached hydrogens (tertiary/aromatic N) is 4. The fourth-order valence-electron chi connectivity index (χ4n) is 3.22. The van der Waals surface area contributed by atoms with E-state index < -0.39 is 17.7 Å². The second-order valence-electron chi connectivity index (χ2n) is 7.27. The maximum Gasteiger partial charge on any atom is 0.192 e. The maximum absolute atomic E-state index is 14.2. The Morgan fingerprint density at radius 2 is 1.97 bits per heavy atom. The molecule has 9 heteroatoms. The zero-order valence-corrected chi connectivity index (χ0v) is 18.5. The predicted octanol–water partition coefficient (Wildman–Crippen LogP) is 3.62. The number of rotatable bonds is 9. The number of aryl methyl sites for hydroxylation is 1. The van der Waals surface area contributed by atoms with Crippen molar-refractivity contribution in [1.82, 2.24) is 25.4 Å². The summed E-state index contributed by atoms with van der Waals surface area (Å²) in [5, 5.41) is 14.5. The summed E-state index contributed by atoms with van der Waals surface area (Å²) in [5.41, 5.74) is 1.36. The highest BCUT2D eigenvalue weighted by Gasteiger charge is 2.13. The molecule has 1 atom stereocenters. The van der Waals surface area contributed by atoms with Gasteiger partial charge in [-0.05, 0) is 30.7 Å². The molecule has 0 aliphatic rings. The quantitative estimate of drug-likeness (QED) is 0.391. The lowest BCUT2D eigenvalue weighted by molar-refractivity contribution is 0.414. The molecule has 1 unspecified atom stereocenters. The molecule has 0 bridgehead atoms. The highest BCUT2D eigenvalue weighted by molar-refractivity contribution is 5.80. The number of aromatic nitrogens is 3. The number of nitrogens with one attached hydrogen (secondary N) is 2. The molecule has 1 heterocycles. The van der Waals surface area contributed by atoms with Crippen molar-refractivity contribution in [2.24, 2.45) is 4.99 Å². The van der Waals surface area contributed by atoms with Gasteiger partial charge in [-0.25, -0.2) is 13.8 Å². The molecule has 0 amide bonds. The van der Waals surface area contributed by atoms with E-state index in [1.54, 1.807) is 20.4 Å². The molecule has 1 aromatic heterocycles. The smallest absolute Gasteiger partial charge is 0.192 e. The topological polar surface area (TPSA) is 76.4 Å². The van der Waals surface area contributed by atoms with Gasteiger partial charge in [0.1, 0.15) is 29.5 Å². The molecule has 32 heavy (non-hydrogen) atoms. The van der Waals surface area contributed by atoms with Crippen LogP contribution in [0.2, 0.25) is 0 Å². The van der Waals surface area contributed by atoms with E-state index in [2.05, 4.69) is 25.8 Å². The molecule has 2 N–H and O–H groups in total. The van der Waals surface area contributed by atoms with Gasteiger partial charge < -0.3 is 19.9 Å². The number of methoxy groups -OCH3 is 1. The van der Waals surface area contributed by atoms with Crippen LogP contribution in [0.25, 0.3) is 0 Å².